The highest BCUT2D eigenvalue weighted by Crippen LogP contribution is 2.38. The van der Waals surface area contributed by atoms with Crippen LogP contribution < -0.4 is 5.73 Å². The summed E-state index contributed by atoms with van der Waals surface area (Å²) in [6.45, 7) is 2.77. The van der Waals surface area contributed by atoms with Gasteiger partial charge in [-0.2, -0.15) is 0 Å². The zero-order valence-electron chi connectivity index (χ0n) is 11.6. The minimum Gasteiger partial charge on any atom is -0.383 e. The van der Waals surface area contributed by atoms with Crippen LogP contribution in [0, 0.1) is 5.41 Å². The van der Waals surface area contributed by atoms with Crippen molar-refractivity contribution in [1.29, 1.82) is 0 Å². The monoisotopic (exact) mass is 258 g/mol. The van der Waals surface area contributed by atoms with E-state index < -0.39 is 0 Å². The molecule has 18 heavy (non-hydrogen) atoms. The Morgan fingerprint density at radius 1 is 1.17 bits per heavy atom. The van der Waals surface area contributed by atoms with Crippen LogP contribution in [0.3, 0.4) is 0 Å². The van der Waals surface area contributed by atoms with Crippen LogP contribution in [0.1, 0.15) is 25.7 Å². The van der Waals surface area contributed by atoms with Gasteiger partial charge in [0.2, 0.25) is 5.91 Å². The Labute approximate surface area is 110 Å². The number of nitrogens with zero attached hydrogens (tertiary/aromatic N) is 1. The molecule has 0 saturated heterocycles. The number of rotatable bonds is 8. The van der Waals surface area contributed by atoms with E-state index in [-0.39, 0.29) is 11.3 Å². The molecule has 106 valence electrons. The number of carbonyl (C=O) groups is 1. The van der Waals surface area contributed by atoms with Gasteiger partial charge in [0.05, 0.1) is 18.6 Å². The first-order chi connectivity index (χ1) is 8.70. The topological polar surface area (TPSA) is 64.8 Å². The summed E-state index contributed by atoms with van der Waals surface area (Å²) < 4.78 is 10.1. The van der Waals surface area contributed by atoms with Crippen LogP contribution in [0.5, 0.6) is 0 Å². The molecular weight excluding hydrogens is 232 g/mol. The van der Waals surface area contributed by atoms with Crippen molar-refractivity contribution in [3.8, 4) is 0 Å². The Hall–Kier alpha value is -0.650. The summed E-state index contributed by atoms with van der Waals surface area (Å²) in [5.74, 6) is 0.177. The molecule has 0 unspecified atom stereocenters. The predicted molar refractivity (Wildman–Crippen MR) is 70.3 cm³/mol. The smallest absolute Gasteiger partial charge is 0.230 e. The second-order valence-electron chi connectivity index (χ2n) is 4.97. The summed E-state index contributed by atoms with van der Waals surface area (Å²) in [5.41, 5.74) is 5.52. The summed E-state index contributed by atoms with van der Waals surface area (Å²) in [6, 6.07) is 0. The summed E-state index contributed by atoms with van der Waals surface area (Å²) >= 11 is 0. The summed E-state index contributed by atoms with van der Waals surface area (Å²) in [6.07, 6.45) is 4.04. The second-order valence-corrected chi connectivity index (χ2v) is 4.97. The molecular formula is C13H26N2O3. The van der Waals surface area contributed by atoms with E-state index in [2.05, 4.69) is 0 Å². The third-order valence-electron chi connectivity index (χ3n) is 3.82. The van der Waals surface area contributed by atoms with E-state index >= 15 is 0 Å². The molecule has 0 spiro atoms. The number of amides is 1. The van der Waals surface area contributed by atoms with Crippen LogP contribution in [-0.2, 0) is 14.3 Å². The average Bonchev–Trinajstić information content (AvgIpc) is 2.88. The lowest BCUT2D eigenvalue weighted by Crippen LogP contribution is -2.48. The van der Waals surface area contributed by atoms with Crippen molar-refractivity contribution >= 4 is 5.91 Å². The Morgan fingerprint density at radius 2 is 1.67 bits per heavy atom. The van der Waals surface area contributed by atoms with Crippen LogP contribution >= 0.6 is 0 Å². The normalized spacial score (nSPS) is 17.9. The number of hydrogen-bond donors (Lipinski definition) is 1. The van der Waals surface area contributed by atoms with E-state index in [1.165, 1.54) is 0 Å². The van der Waals surface area contributed by atoms with Crippen molar-refractivity contribution in [2.75, 3.05) is 47.1 Å². The molecule has 0 heterocycles. The zero-order chi connectivity index (χ0) is 13.4. The Kier molecular flexibility index (Phi) is 6.60. The molecule has 0 aromatic rings. The molecule has 0 radical (unpaired) electrons. The van der Waals surface area contributed by atoms with Crippen molar-refractivity contribution in [3.63, 3.8) is 0 Å². The number of hydrogen-bond acceptors (Lipinski definition) is 4. The van der Waals surface area contributed by atoms with Gasteiger partial charge < -0.3 is 20.1 Å². The van der Waals surface area contributed by atoms with Crippen LogP contribution in [0.2, 0.25) is 0 Å². The van der Waals surface area contributed by atoms with E-state index in [0.717, 1.165) is 25.7 Å². The predicted octanol–water partition coefficient (Wildman–Crippen LogP) is 0.627. The van der Waals surface area contributed by atoms with Gasteiger partial charge in [0.25, 0.3) is 0 Å². The molecule has 5 heteroatoms. The maximum Gasteiger partial charge on any atom is 0.230 e. The van der Waals surface area contributed by atoms with Crippen LogP contribution in [0.25, 0.3) is 0 Å². The Bertz CT molecular complexity index is 245. The lowest BCUT2D eigenvalue weighted by atomic mass is 9.84. The highest BCUT2D eigenvalue weighted by atomic mass is 16.5. The molecule has 1 fully saturated rings. The molecule has 0 aliphatic heterocycles. The minimum atomic E-state index is -0.332. The Balaban J connectivity index is 2.66. The first kappa shape index (κ1) is 15.4. The third-order valence-corrected chi connectivity index (χ3v) is 3.82. The molecule has 0 bridgehead atoms. The first-order valence-corrected chi connectivity index (χ1v) is 6.67. The molecule has 1 amide bonds. The number of ether oxygens (including phenoxy) is 2. The van der Waals surface area contributed by atoms with E-state index in [1.807, 2.05) is 4.90 Å². The van der Waals surface area contributed by atoms with Gasteiger partial charge in [0.15, 0.2) is 0 Å². The van der Waals surface area contributed by atoms with Crippen molar-refractivity contribution < 1.29 is 14.3 Å². The largest absolute Gasteiger partial charge is 0.383 e. The maximum atomic E-state index is 12.6. The molecule has 2 N–H and O–H groups in total. The molecule has 0 aromatic heterocycles. The fraction of sp³-hybridized carbons (Fsp3) is 0.923. The number of carbonyl (C=O) groups excluding carboxylic acids is 1. The summed E-state index contributed by atoms with van der Waals surface area (Å²) in [4.78, 5) is 14.5. The van der Waals surface area contributed by atoms with Crippen LogP contribution in [0.4, 0.5) is 0 Å². The maximum absolute atomic E-state index is 12.6. The Morgan fingerprint density at radius 3 is 2.06 bits per heavy atom. The average molecular weight is 258 g/mol. The molecule has 1 rings (SSSR count). The molecule has 0 aromatic carbocycles. The first-order valence-electron chi connectivity index (χ1n) is 6.67. The van der Waals surface area contributed by atoms with Gasteiger partial charge in [-0.3, -0.25) is 4.79 Å². The quantitative estimate of drug-likeness (QED) is 0.693. The SMILES string of the molecule is COCCN(CCOC)C(=O)C1(CN)CCCC1. The standard InChI is InChI=1S/C13H26N2O3/c1-17-9-7-15(8-10-18-2)12(16)13(11-14)5-3-4-6-13/h3-11,14H2,1-2H3. The molecule has 1 aliphatic rings. The fourth-order valence-electron chi connectivity index (χ4n) is 2.61. The summed E-state index contributed by atoms with van der Waals surface area (Å²) in [7, 11) is 3.29. The van der Waals surface area contributed by atoms with E-state index in [1.54, 1.807) is 14.2 Å². The molecule has 5 nitrogen and oxygen atoms in total. The number of nitrogens with two attached hydrogens (primary N) is 1. The van der Waals surface area contributed by atoms with E-state index in [0.29, 0.717) is 32.8 Å². The molecule has 0 atom stereocenters. The van der Waals surface area contributed by atoms with Crippen LogP contribution in [0.15, 0.2) is 0 Å². The van der Waals surface area contributed by atoms with E-state index in [9.17, 15) is 4.79 Å². The van der Waals surface area contributed by atoms with Crippen molar-refractivity contribution in [3.05, 3.63) is 0 Å². The lowest BCUT2D eigenvalue weighted by Gasteiger charge is -2.33. The van der Waals surface area contributed by atoms with Crippen molar-refractivity contribution in [2.24, 2.45) is 11.1 Å². The van der Waals surface area contributed by atoms with Gasteiger partial charge >= 0.3 is 0 Å². The second kappa shape index (κ2) is 7.71. The van der Waals surface area contributed by atoms with Gasteiger partial charge in [-0.15, -0.1) is 0 Å². The highest BCUT2D eigenvalue weighted by molar-refractivity contribution is 5.83. The van der Waals surface area contributed by atoms with E-state index in [4.69, 9.17) is 15.2 Å². The molecule has 1 aliphatic carbocycles. The van der Waals surface area contributed by atoms with Gasteiger partial charge in [0, 0.05) is 33.9 Å². The lowest BCUT2D eigenvalue weighted by molar-refractivity contribution is -0.142. The van der Waals surface area contributed by atoms with Crippen molar-refractivity contribution in [2.45, 2.75) is 25.7 Å². The van der Waals surface area contributed by atoms with Gasteiger partial charge in [-0.25, -0.2) is 0 Å². The van der Waals surface area contributed by atoms with Crippen LogP contribution in [-0.4, -0.2) is 57.9 Å². The molecule has 1 saturated carbocycles. The van der Waals surface area contributed by atoms with Gasteiger partial charge in [-0.05, 0) is 12.8 Å². The number of methoxy groups -OCH3 is 2. The van der Waals surface area contributed by atoms with Crippen molar-refractivity contribution in [1.82, 2.24) is 4.90 Å². The van der Waals surface area contributed by atoms with Gasteiger partial charge in [0.1, 0.15) is 0 Å². The third kappa shape index (κ3) is 3.67. The summed E-state index contributed by atoms with van der Waals surface area (Å²) in [5, 5.41) is 0. The zero-order valence-corrected chi connectivity index (χ0v) is 11.6. The minimum absolute atomic E-state index is 0.177. The highest BCUT2D eigenvalue weighted by Gasteiger charge is 2.42. The fourth-order valence-corrected chi connectivity index (χ4v) is 2.61. The van der Waals surface area contributed by atoms with Gasteiger partial charge in [-0.1, -0.05) is 12.8 Å².